The van der Waals surface area contributed by atoms with E-state index in [2.05, 4.69) is 219 Å². The van der Waals surface area contributed by atoms with Crippen LogP contribution in [0, 0.1) is 13.8 Å². The summed E-state index contributed by atoms with van der Waals surface area (Å²) in [6.07, 6.45) is 17.3. The number of quaternary nitrogens is 1. The van der Waals surface area contributed by atoms with Gasteiger partial charge in [-0.15, -0.1) is 0 Å². The lowest BCUT2D eigenvalue weighted by Gasteiger charge is -2.30. The first kappa shape index (κ1) is 69.6. The standard InChI is InChI=1S/C25H28N3O2.2C19H20N2O2.C18H16N2O2/c1-27(2)23-9-5-7-21-20(6-4-8-22(21)23)17-28(3)15-14-19-16-18(10-12-24(19)28)11-13-25(29)30-26;2*1-14-2-4-16(5-3-14)13-21-11-10-17-12-15(6-8-18(17)21)7-9-19(22)23-20;19-22-18(21)9-7-14-6-8-17-16(12-14)10-11-20(17)13-15-4-2-1-3-5-15/h4-13,16H,14-15,17,26H2,1-3H3;2*2-9,12H,10-11,13,20H2,1H3;1-12H,13,19H2/q+1;;;/b13-11+;3*9-7+. The molecule has 17 heteroatoms. The van der Waals surface area contributed by atoms with Crippen molar-refractivity contribution in [2.24, 2.45) is 23.6 Å². The van der Waals surface area contributed by atoms with Crippen molar-refractivity contribution >= 4 is 92.6 Å². The second kappa shape index (κ2) is 33.0. The van der Waals surface area contributed by atoms with Gasteiger partial charge >= 0.3 is 23.9 Å². The zero-order valence-electron chi connectivity index (χ0n) is 56.1. The number of carbonyl (C=O) groups excluding carboxylic acids is 4. The molecule has 500 valence electrons. The van der Waals surface area contributed by atoms with E-state index in [9.17, 15) is 19.2 Å². The number of likely N-dealkylation sites (N-methyl/N-ethyl adjacent to an activating group) is 1. The molecular weight excluding hydrogens is 1230 g/mol. The van der Waals surface area contributed by atoms with E-state index in [1.54, 1.807) is 24.3 Å². The second-order valence-corrected chi connectivity index (χ2v) is 25.0. The fourth-order valence-corrected chi connectivity index (χ4v) is 12.7. The second-order valence-electron chi connectivity index (χ2n) is 25.0. The molecule has 4 heterocycles. The van der Waals surface area contributed by atoms with Crippen molar-refractivity contribution in [1.29, 1.82) is 0 Å². The van der Waals surface area contributed by atoms with Crippen molar-refractivity contribution in [2.45, 2.75) is 59.3 Å². The molecule has 0 radical (unpaired) electrons. The fourth-order valence-electron chi connectivity index (χ4n) is 12.7. The minimum atomic E-state index is -0.568. The Morgan fingerprint density at radius 3 is 1.44 bits per heavy atom. The smallest absolute Gasteiger partial charge is 0.349 e. The molecule has 0 fully saturated rings. The van der Waals surface area contributed by atoms with Crippen LogP contribution in [0.4, 0.5) is 22.7 Å². The molecule has 13 rings (SSSR count). The first-order chi connectivity index (χ1) is 47.5. The topological polar surface area (TPSA) is 224 Å². The number of hydrogen-bond donors (Lipinski definition) is 4. The van der Waals surface area contributed by atoms with Crippen molar-refractivity contribution in [3.8, 4) is 0 Å². The highest BCUT2D eigenvalue weighted by molar-refractivity contribution is 5.96. The number of carbonyl (C=O) groups is 4. The summed E-state index contributed by atoms with van der Waals surface area (Å²) < 4.78 is 3.07. The molecule has 0 spiro atoms. The van der Waals surface area contributed by atoms with E-state index >= 15 is 0 Å². The first-order valence-corrected chi connectivity index (χ1v) is 32.5. The SMILES string of the molecule is CN(C)c1cccc2c(C[N+]3(C)CCc4cc(/C=C/C(=O)ON)ccc43)cccc12.Cc1ccc(CN2CCc3cc(/C=C/C(=O)ON)ccc32)cc1.Cc1ccc(CN2CCc3cc(/C=C/C(=O)ON)ccc32)cc1.NOC(=O)/C=C/c1ccc2c(ccn2Cc2ccccc2)c1. The van der Waals surface area contributed by atoms with E-state index in [0.29, 0.717) is 0 Å². The number of aryl methyl sites for hydroxylation is 2. The maximum Gasteiger partial charge on any atom is 0.349 e. The van der Waals surface area contributed by atoms with Gasteiger partial charge in [-0.3, -0.25) is 4.48 Å². The number of hydrogen-bond acceptors (Lipinski definition) is 15. The molecule has 0 amide bonds. The van der Waals surface area contributed by atoms with Crippen molar-refractivity contribution < 1.29 is 38.5 Å². The van der Waals surface area contributed by atoms with E-state index < -0.39 is 23.9 Å². The molecule has 3 aliphatic rings. The number of nitrogens with zero attached hydrogens (tertiary/aromatic N) is 5. The van der Waals surface area contributed by atoms with Crippen molar-refractivity contribution in [1.82, 2.24) is 9.05 Å². The Kier molecular flexibility index (Phi) is 23.4. The molecule has 8 N–H and O–H groups in total. The Morgan fingerprint density at radius 1 is 0.469 bits per heavy atom. The summed E-state index contributed by atoms with van der Waals surface area (Å²) in [5, 5.41) is 3.73. The maximum absolute atomic E-state index is 11.3. The van der Waals surface area contributed by atoms with Crippen LogP contribution in [0.15, 0.2) is 225 Å². The van der Waals surface area contributed by atoms with Gasteiger partial charge in [0.05, 0.1) is 13.6 Å². The van der Waals surface area contributed by atoms with Gasteiger partial charge in [-0.2, -0.15) is 23.6 Å². The molecule has 10 aromatic rings. The lowest BCUT2D eigenvalue weighted by Crippen LogP contribution is -2.42. The minimum Gasteiger partial charge on any atom is -0.377 e. The first-order valence-electron chi connectivity index (χ1n) is 32.5. The van der Waals surface area contributed by atoms with Crippen LogP contribution in [0.25, 0.3) is 46.0 Å². The van der Waals surface area contributed by atoms with Gasteiger partial charge in [0.15, 0.2) is 0 Å². The van der Waals surface area contributed by atoms with Crippen molar-refractivity contribution in [2.75, 3.05) is 55.5 Å². The molecule has 0 aliphatic carbocycles. The number of nitrogens with two attached hydrogens (primary N) is 4. The van der Waals surface area contributed by atoms with Gasteiger partial charge in [-0.25, -0.2) is 19.2 Å². The summed E-state index contributed by atoms with van der Waals surface area (Å²) in [5.74, 6) is 17.1. The molecule has 17 nitrogen and oxygen atoms in total. The summed E-state index contributed by atoms with van der Waals surface area (Å²) in [5.41, 5.74) is 21.9. The Morgan fingerprint density at radius 2 is 0.929 bits per heavy atom. The normalized spacial score (nSPS) is 14.3. The molecule has 0 bridgehead atoms. The summed E-state index contributed by atoms with van der Waals surface area (Å²) in [6.45, 7) is 10.9. The molecule has 9 aromatic carbocycles. The summed E-state index contributed by atoms with van der Waals surface area (Å²) in [4.78, 5) is 67.9. The lowest BCUT2D eigenvalue weighted by atomic mass is 10.0. The highest BCUT2D eigenvalue weighted by Crippen LogP contribution is 2.39. The Balaban J connectivity index is 0.000000143. The third kappa shape index (κ3) is 18.2. The zero-order valence-corrected chi connectivity index (χ0v) is 56.1. The van der Waals surface area contributed by atoms with E-state index in [0.717, 1.165) is 103 Å². The average molecular weight is 1310 g/mol. The summed E-state index contributed by atoms with van der Waals surface area (Å²) in [7, 11) is 6.48. The highest BCUT2D eigenvalue weighted by Gasteiger charge is 2.35. The Hall–Kier alpha value is -11.2. The minimum absolute atomic E-state index is 0.550. The number of benzene rings is 9. The van der Waals surface area contributed by atoms with Gasteiger partial charge in [-0.1, -0.05) is 139 Å². The predicted molar refractivity (Wildman–Crippen MR) is 394 cm³/mol. The maximum atomic E-state index is 11.3. The predicted octanol–water partition coefficient (Wildman–Crippen LogP) is 13.1. The van der Waals surface area contributed by atoms with Crippen LogP contribution in [-0.2, 0) is 84.0 Å². The number of rotatable bonds is 17. The zero-order chi connectivity index (χ0) is 69.1. The number of fused-ring (bicyclic) bond motifs is 5. The van der Waals surface area contributed by atoms with Crippen LogP contribution in [0.5, 0.6) is 0 Å². The molecule has 98 heavy (non-hydrogen) atoms. The lowest BCUT2D eigenvalue weighted by molar-refractivity contribution is -0.139. The highest BCUT2D eigenvalue weighted by atomic mass is 16.7. The fraction of sp³-hybridized carbons (Fsp3) is 0.185. The van der Waals surface area contributed by atoms with Gasteiger partial charge in [0.2, 0.25) is 0 Å². The molecule has 1 aromatic heterocycles. The third-order valence-corrected chi connectivity index (χ3v) is 17.8. The molecule has 1 atom stereocenters. The molecule has 0 saturated carbocycles. The van der Waals surface area contributed by atoms with Crippen LogP contribution < -0.4 is 42.8 Å². The monoisotopic (exact) mass is 1310 g/mol. The van der Waals surface area contributed by atoms with Crippen LogP contribution >= 0.6 is 0 Å². The van der Waals surface area contributed by atoms with E-state index in [4.69, 9.17) is 23.6 Å². The van der Waals surface area contributed by atoms with Gasteiger partial charge in [0, 0.05) is 128 Å². The average Bonchev–Trinajstić information content (AvgIpc) is 1.57. The van der Waals surface area contributed by atoms with Gasteiger partial charge in [0.25, 0.3) is 0 Å². The van der Waals surface area contributed by atoms with Crippen LogP contribution in [-0.4, -0.2) is 69.2 Å². The quantitative estimate of drug-likeness (QED) is 0.0378. The molecule has 1 unspecified atom stereocenters. The largest absolute Gasteiger partial charge is 0.377 e. The Labute approximate surface area is 572 Å². The van der Waals surface area contributed by atoms with Crippen LogP contribution in [0.1, 0.15) is 72.3 Å². The summed E-state index contributed by atoms with van der Waals surface area (Å²) in [6, 6.07) is 67.8. The van der Waals surface area contributed by atoms with E-state index in [1.807, 2.05) is 54.6 Å². The molecule has 3 aliphatic heterocycles. The van der Waals surface area contributed by atoms with E-state index in [1.165, 1.54) is 108 Å². The van der Waals surface area contributed by atoms with Gasteiger partial charge in [0.1, 0.15) is 12.2 Å². The molecular formula is C81H84N9O8+. The van der Waals surface area contributed by atoms with Crippen LogP contribution in [0.2, 0.25) is 0 Å². The third-order valence-electron chi connectivity index (χ3n) is 17.8. The van der Waals surface area contributed by atoms with Gasteiger partial charge in [-0.05, 0) is 173 Å². The number of anilines is 3. The van der Waals surface area contributed by atoms with Crippen molar-refractivity contribution in [3.05, 3.63) is 297 Å². The van der Waals surface area contributed by atoms with E-state index in [-0.39, 0.29) is 0 Å². The molecule has 0 saturated heterocycles. The van der Waals surface area contributed by atoms with Gasteiger partial charge < -0.3 is 38.6 Å². The number of aromatic nitrogens is 1. The summed E-state index contributed by atoms with van der Waals surface area (Å²) >= 11 is 0. The Bertz CT molecular complexity index is 4450. The van der Waals surface area contributed by atoms with Crippen molar-refractivity contribution in [3.63, 3.8) is 0 Å². The van der Waals surface area contributed by atoms with Crippen LogP contribution in [0.3, 0.4) is 0 Å².